The Balaban J connectivity index is 1.56. The quantitative estimate of drug-likeness (QED) is 0.796. The molecule has 0 spiro atoms. The average Bonchev–Trinajstić information content (AvgIpc) is 2.82. The lowest BCUT2D eigenvalue weighted by Gasteiger charge is -2.25. The van der Waals surface area contributed by atoms with Crippen molar-refractivity contribution < 1.29 is 4.42 Å². The van der Waals surface area contributed by atoms with Crippen LogP contribution < -0.4 is 0 Å². The van der Waals surface area contributed by atoms with E-state index in [1.54, 1.807) is 11.8 Å². The van der Waals surface area contributed by atoms with Crippen molar-refractivity contribution in [2.24, 2.45) is 0 Å². The molecule has 0 aliphatic carbocycles. The van der Waals surface area contributed by atoms with Crippen LogP contribution in [-0.2, 0) is 0 Å². The minimum Gasteiger partial charge on any atom is -0.431 e. The van der Waals surface area contributed by atoms with Gasteiger partial charge >= 0.3 is 0 Å². The van der Waals surface area contributed by atoms with Gasteiger partial charge in [-0.3, -0.25) is 0 Å². The summed E-state index contributed by atoms with van der Waals surface area (Å²) in [6.07, 6.45) is 4.06. The normalized spacial score (nSPS) is 17.1. The number of fused-ring (bicyclic) bond motifs is 1. The summed E-state index contributed by atoms with van der Waals surface area (Å²) in [5, 5.41) is 1.44. The molecule has 0 amide bonds. The maximum absolute atomic E-state index is 5.94. The van der Waals surface area contributed by atoms with Gasteiger partial charge in [0.2, 0.25) is 0 Å². The maximum Gasteiger partial charge on any atom is 0.256 e. The van der Waals surface area contributed by atoms with Crippen molar-refractivity contribution in [2.45, 2.75) is 24.5 Å². The first-order chi connectivity index (χ1) is 9.31. The van der Waals surface area contributed by atoms with Crippen LogP contribution in [0.15, 0.2) is 27.8 Å². The van der Waals surface area contributed by atoms with Gasteiger partial charge in [-0.1, -0.05) is 29.8 Å². The Bertz CT molecular complexity index is 551. The van der Waals surface area contributed by atoms with Crippen molar-refractivity contribution in [2.75, 3.05) is 25.4 Å². The highest BCUT2D eigenvalue weighted by atomic mass is 35.5. The largest absolute Gasteiger partial charge is 0.431 e. The minimum absolute atomic E-state index is 0.700. The van der Waals surface area contributed by atoms with Crippen LogP contribution in [0.1, 0.15) is 19.3 Å². The summed E-state index contributed by atoms with van der Waals surface area (Å²) >= 11 is 7.62. The highest BCUT2D eigenvalue weighted by molar-refractivity contribution is 7.99. The van der Waals surface area contributed by atoms with Gasteiger partial charge in [-0.15, -0.1) is 0 Å². The van der Waals surface area contributed by atoms with Gasteiger partial charge in [0.15, 0.2) is 5.58 Å². The third kappa shape index (κ3) is 3.44. The zero-order chi connectivity index (χ0) is 13.1. The first kappa shape index (κ1) is 13.3. The van der Waals surface area contributed by atoms with Crippen molar-refractivity contribution in [3.63, 3.8) is 0 Å². The number of piperidine rings is 1. The number of hydrogen-bond acceptors (Lipinski definition) is 4. The van der Waals surface area contributed by atoms with Crippen molar-refractivity contribution in [1.82, 2.24) is 9.88 Å². The molecule has 0 bridgehead atoms. The smallest absolute Gasteiger partial charge is 0.256 e. The van der Waals surface area contributed by atoms with E-state index in [9.17, 15) is 0 Å². The highest BCUT2D eigenvalue weighted by Crippen LogP contribution is 2.25. The molecule has 1 aromatic heterocycles. The summed E-state index contributed by atoms with van der Waals surface area (Å²) in [5.41, 5.74) is 1.65. The summed E-state index contributed by atoms with van der Waals surface area (Å²) in [5.74, 6) is 1.03. The van der Waals surface area contributed by atoms with Gasteiger partial charge in [-0.25, -0.2) is 4.98 Å². The van der Waals surface area contributed by atoms with Crippen LogP contribution in [0.5, 0.6) is 0 Å². The van der Waals surface area contributed by atoms with E-state index < -0.39 is 0 Å². The maximum atomic E-state index is 5.94. The summed E-state index contributed by atoms with van der Waals surface area (Å²) in [6, 6.07) is 5.55. The van der Waals surface area contributed by atoms with Crippen molar-refractivity contribution >= 4 is 34.5 Å². The molecule has 0 saturated carbocycles. The standard InChI is InChI=1S/C14H17ClN2OS/c15-11-4-5-13-12(10-11)16-14(18-13)19-9-8-17-6-2-1-3-7-17/h4-5,10H,1-3,6-9H2. The Morgan fingerprint density at radius 2 is 2.11 bits per heavy atom. The number of aromatic nitrogens is 1. The van der Waals surface area contributed by atoms with Crippen LogP contribution in [0.4, 0.5) is 0 Å². The van der Waals surface area contributed by atoms with Gasteiger partial charge < -0.3 is 9.32 Å². The molecule has 1 aliphatic heterocycles. The Morgan fingerprint density at radius 1 is 1.26 bits per heavy atom. The molecule has 1 fully saturated rings. The topological polar surface area (TPSA) is 29.3 Å². The third-order valence-electron chi connectivity index (χ3n) is 3.41. The number of oxazole rings is 1. The second-order valence-electron chi connectivity index (χ2n) is 4.84. The minimum atomic E-state index is 0.700. The molecule has 0 N–H and O–H groups in total. The molecular weight excluding hydrogens is 280 g/mol. The van der Waals surface area contributed by atoms with E-state index in [4.69, 9.17) is 16.0 Å². The Hall–Kier alpha value is -0.710. The number of benzene rings is 1. The predicted molar refractivity (Wildman–Crippen MR) is 80.0 cm³/mol. The van der Waals surface area contributed by atoms with Crippen molar-refractivity contribution in [3.8, 4) is 0 Å². The SMILES string of the molecule is Clc1ccc2oc(SCCN3CCCCC3)nc2c1. The molecule has 2 heterocycles. The Morgan fingerprint density at radius 3 is 2.95 bits per heavy atom. The number of hydrogen-bond donors (Lipinski definition) is 0. The molecule has 1 aromatic carbocycles. The molecule has 19 heavy (non-hydrogen) atoms. The van der Waals surface area contributed by atoms with Crippen molar-refractivity contribution in [1.29, 1.82) is 0 Å². The number of likely N-dealkylation sites (tertiary alicyclic amines) is 1. The van der Waals surface area contributed by atoms with E-state index in [1.165, 1.54) is 32.4 Å². The fourth-order valence-electron chi connectivity index (χ4n) is 2.39. The van der Waals surface area contributed by atoms with Crippen LogP contribution in [0.3, 0.4) is 0 Å². The number of nitrogens with zero attached hydrogens (tertiary/aromatic N) is 2. The van der Waals surface area contributed by atoms with Crippen LogP contribution in [0.2, 0.25) is 5.02 Å². The number of thioether (sulfide) groups is 1. The average molecular weight is 297 g/mol. The Labute approximate surface area is 122 Å². The molecule has 2 aromatic rings. The zero-order valence-corrected chi connectivity index (χ0v) is 12.3. The fraction of sp³-hybridized carbons (Fsp3) is 0.500. The lowest BCUT2D eigenvalue weighted by Crippen LogP contribution is -2.31. The molecule has 0 radical (unpaired) electrons. The monoisotopic (exact) mass is 296 g/mol. The summed E-state index contributed by atoms with van der Waals surface area (Å²) in [6.45, 7) is 3.59. The van der Waals surface area contributed by atoms with Gasteiger partial charge in [0.25, 0.3) is 5.22 Å². The lowest BCUT2D eigenvalue weighted by atomic mass is 10.1. The van der Waals surface area contributed by atoms with Gasteiger partial charge in [0.1, 0.15) is 5.52 Å². The van der Waals surface area contributed by atoms with E-state index in [1.807, 2.05) is 18.2 Å². The summed E-state index contributed by atoms with van der Waals surface area (Å²) in [7, 11) is 0. The first-order valence-electron chi connectivity index (χ1n) is 6.72. The fourth-order valence-corrected chi connectivity index (χ4v) is 3.39. The lowest BCUT2D eigenvalue weighted by molar-refractivity contribution is 0.242. The molecule has 0 unspecified atom stereocenters. The van der Waals surface area contributed by atoms with E-state index in [0.29, 0.717) is 5.02 Å². The number of rotatable bonds is 4. The molecule has 1 saturated heterocycles. The van der Waals surface area contributed by atoms with Gasteiger partial charge in [-0.2, -0.15) is 0 Å². The highest BCUT2D eigenvalue weighted by Gasteiger charge is 2.11. The van der Waals surface area contributed by atoms with Crippen LogP contribution in [0.25, 0.3) is 11.1 Å². The number of halogens is 1. The summed E-state index contributed by atoms with van der Waals surface area (Å²) in [4.78, 5) is 6.97. The zero-order valence-electron chi connectivity index (χ0n) is 10.8. The van der Waals surface area contributed by atoms with E-state index in [0.717, 1.165) is 28.6 Å². The van der Waals surface area contributed by atoms with Crippen LogP contribution in [0, 0.1) is 0 Å². The second-order valence-corrected chi connectivity index (χ2v) is 6.33. The second kappa shape index (κ2) is 6.16. The molecule has 1 aliphatic rings. The summed E-state index contributed by atoms with van der Waals surface area (Å²) < 4.78 is 5.69. The van der Waals surface area contributed by atoms with E-state index >= 15 is 0 Å². The first-order valence-corrected chi connectivity index (χ1v) is 8.09. The van der Waals surface area contributed by atoms with Gasteiger partial charge in [0, 0.05) is 17.3 Å². The van der Waals surface area contributed by atoms with Gasteiger partial charge in [0.05, 0.1) is 0 Å². The van der Waals surface area contributed by atoms with Crippen LogP contribution in [-0.4, -0.2) is 35.3 Å². The predicted octanol–water partition coefficient (Wildman–Crippen LogP) is 4.06. The van der Waals surface area contributed by atoms with E-state index in [-0.39, 0.29) is 0 Å². The molecule has 3 nitrogen and oxygen atoms in total. The molecule has 5 heteroatoms. The molecular formula is C14H17ClN2OS. The molecule has 0 atom stereocenters. The van der Waals surface area contributed by atoms with Gasteiger partial charge in [-0.05, 0) is 44.1 Å². The van der Waals surface area contributed by atoms with Crippen molar-refractivity contribution in [3.05, 3.63) is 23.2 Å². The van der Waals surface area contributed by atoms with Crippen LogP contribution >= 0.6 is 23.4 Å². The Kier molecular flexibility index (Phi) is 4.31. The molecule has 3 rings (SSSR count). The third-order valence-corrected chi connectivity index (χ3v) is 4.46. The van der Waals surface area contributed by atoms with E-state index in [2.05, 4.69) is 9.88 Å². The molecule has 102 valence electrons.